The van der Waals surface area contributed by atoms with Crippen LogP contribution in [0.15, 0.2) is 22.5 Å². The smallest absolute Gasteiger partial charge is 0.191 e. The summed E-state index contributed by atoms with van der Waals surface area (Å²) in [4.78, 5) is 5.92. The number of halogens is 1. The molecule has 0 spiro atoms. The molecule has 1 unspecified atom stereocenters. The zero-order chi connectivity index (χ0) is 13.2. The van der Waals surface area contributed by atoms with E-state index in [1.807, 2.05) is 11.8 Å². The number of rotatable bonds is 7. The van der Waals surface area contributed by atoms with Crippen molar-refractivity contribution in [2.75, 3.05) is 25.1 Å². The van der Waals surface area contributed by atoms with Crippen molar-refractivity contribution in [3.8, 4) is 0 Å². The van der Waals surface area contributed by atoms with Gasteiger partial charge in [0.05, 0.1) is 6.04 Å². The monoisotopic (exact) mass is 413 g/mol. The molecule has 0 radical (unpaired) electrons. The molecule has 0 fully saturated rings. The van der Waals surface area contributed by atoms with Crippen molar-refractivity contribution in [2.24, 2.45) is 4.99 Å². The molecule has 0 aliphatic rings. The minimum absolute atomic E-state index is 0. The number of thiophene rings is 1. The van der Waals surface area contributed by atoms with Gasteiger partial charge in [-0.1, -0.05) is 6.07 Å². The Labute approximate surface area is 142 Å². The molecule has 0 saturated heterocycles. The van der Waals surface area contributed by atoms with E-state index in [-0.39, 0.29) is 24.0 Å². The van der Waals surface area contributed by atoms with Crippen LogP contribution in [0.5, 0.6) is 0 Å². The Morgan fingerprint density at radius 1 is 1.53 bits per heavy atom. The third-order valence-corrected chi connectivity index (χ3v) is 4.20. The molecule has 3 nitrogen and oxygen atoms in total. The quantitative estimate of drug-likeness (QED) is 0.310. The van der Waals surface area contributed by atoms with E-state index in [1.54, 1.807) is 11.3 Å². The SMILES string of the molecule is CCNC(=NCCCSC)NC(C)c1cccs1.I. The van der Waals surface area contributed by atoms with Crippen molar-refractivity contribution >= 4 is 53.0 Å². The van der Waals surface area contributed by atoms with Crippen LogP contribution in [0.2, 0.25) is 0 Å². The molecule has 19 heavy (non-hydrogen) atoms. The number of thioether (sulfide) groups is 1. The summed E-state index contributed by atoms with van der Waals surface area (Å²) in [6, 6.07) is 4.55. The Morgan fingerprint density at radius 3 is 2.89 bits per heavy atom. The average Bonchev–Trinajstić information content (AvgIpc) is 2.88. The van der Waals surface area contributed by atoms with Gasteiger partial charge in [0, 0.05) is 18.0 Å². The molecule has 1 aromatic rings. The fourth-order valence-corrected chi connectivity index (χ4v) is 2.69. The molecule has 1 heterocycles. The Balaban J connectivity index is 0.00000324. The molecule has 1 aromatic heterocycles. The second-order valence-corrected chi connectivity index (χ2v) is 5.95. The Kier molecular flexibility index (Phi) is 11.9. The summed E-state index contributed by atoms with van der Waals surface area (Å²) in [5.41, 5.74) is 0. The lowest BCUT2D eigenvalue weighted by Gasteiger charge is -2.16. The summed E-state index contributed by atoms with van der Waals surface area (Å²) >= 11 is 3.64. The largest absolute Gasteiger partial charge is 0.357 e. The van der Waals surface area contributed by atoms with E-state index in [9.17, 15) is 0 Å². The maximum Gasteiger partial charge on any atom is 0.191 e. The zero-order valence-electron chi connectivity index (χ0n) is 11.8. The van der Waals surface area contributed by atoms with Crippen molar-refractivity contribution in [1.29, 1.82) is 0 Å². The van der Waals surface area contributed by atoms with Gasteiger partial charge in [0.25, 0.3) is 0 Å². The van der Waals surface area contributed by atoms with E-state index < -0.39 is 0 Å². The molecule has 0 bridgehead atoms. The van der Waals surface area contributed by atoms with Crippen LogP contribution in [0.25, 0.3) is 0 Å². The van der Waals surface area contributed by atoms with Crippen molar-refractivity contribution in [3.05, 3.63) is 22.4 Å². The van der Waals surface area contributed by atoms with E-state index in [1.165, 1.54) is 10.6 Å². The summed E-state index contributed by atoms with van der Waals surface area (Å²) in [7, 11) is 0. The number of hydrogen-bond donors (Lipinski definition) is 2. The van der Waals surface area contributed by atoms with E-state index >= 15 is 0 Å². The number of guanidine groups is 1. The summed E-state index contributed by atoms with van der Waals surface area (Å²) < 4.78 is 0. The summed E-state index contributed by atoms with van der Waals surface area (Å²) in [6.45, 7) is 6.04. The van der Waals surface area contributed by atoms with Crippen LogP contribution >= 0.6 is 47.1 Å². The molecule has 0 aliphatic heterocycles. The van der Waals surface area contributed by atoms with Gasteiger partial charge in [-0.25, -0.2) is 0 Å². The minimum Gasteiger partial charge on any atom is -0.357 e. The number of aliphatic imine (C=N–C) groups is 1. The van der Waals surface area contributed by atoms with Gasteiger partial charge in [0.15, 0.2) is 5.96 Å². The van der Waals surface area contributed by atoms with Crippen LogP contribution in [0.4, 0.5) is 0 Å². The van der Waals surface area contributed by atoms with Gasteiger partial charge in [0.2, 0.25) is 0 Å². The first-order valence-electron chi connectivity index (χ1n) is 6.35. The predicted octanol–water partition coefficient (Wildman–Crippen LogP) is 3.74. The van der Waals surface area contributed by atoms with E-state index in [0.717, 1.165) is 25.5 Å². The Bertz CT molecular complexity index is 342. The van der Waals surface area contributed by atoms with Gasteiger partial charge in [0.1, 0.15) is 0 Å². The van der Waals surface area contributed by atoms with Gasteiger partial charge < -0.3 is 10.6 Å². The minimum atomic E-state index is 0. The lowest BCUT2D eigenvalue weighted by Crippen LogP contribution is -2.38. The highest BCUT2D eigenvalue weighted by atomic mass is 127. The molecule has 0 saturated carbocycles. The molecule has 1 rings (SSSR count). The molecule has 0 aliphatic carbocycles. The first-order chi connectivity index (χ1) is 8.77. The highest BCUT2D eigenvalue weighted by Gasteiger charge is 2.07. The predicted molar refractivity (Wildman–Crippen MR) is 100 cm³/mol. The molecule has 0 amide bonds. The molecule has 0 aromatic carbocycles. The van der Waals surface area contributed by atoms with Gasteiger partial charge >= 0.3 is 0 Å². The number of nitrogens with zero attached hydrogens (tertiary/aromatic N) is 1. The second kappa shape index (κ2) is 11.8. The van der Waals surface area contributed by atoms with Crippen LogP contribution in [0, 0.1) is 0 Å². The number of hydrogen-bond acceptors (Lipinski definition) is 3. The first kappa shape index (κ1) is 19.1. The van der Waals surface area contributed by atoms with Crippen LogP contribution in [-0.4, -0.2) is 31.1 Å². The van der Waals surface area contributed by atoms with Gasteiger partial charge in [-0.3, -0.25) is 4.99 Å². The molecule has 6 heteroatoms. The third kappa shape index (κ3) is 8.04. The van der Waals surface area contributed by atoms with Crippen LogP contribution in [0.1, 0.15) is 31.2 Å². The van der Waals surface area contributed by atoms with Crippen LogP contribution in [0.3, 0.4) is 0 Å². The highest BCUT2D eigenvalue weighted by Crippen LogP contribution is 2.17. The standard InChI is InChI=1S/C13H23N3S2.HI/c1-4-14-13(15-8-6-9-17-3)16-11(2)12-7-5-10-18-12;/h5,7,10-11H,4,6,8-9H2,1-3H3,(H2,14,15,16);1H. The molecule has 1 atom stereocenters. The van der Waals surface area contributed by atoms with Gasteiger partial charge in [-0.15, -0.1) is 35.3 Å². The molecule has 2 N–H and O–H groups in total. The van der Waals surface area contributed by atoms with Crippen LogP contribution in [-0.2, 0) is 0 Å². The summed E-state index contributed by atoms with van der Waals surface area (Å²) in [5, 5.41) is 8.84. The topological polar surface area (TPSA) is 36.4 Å². The normalized spacial score (nSPS) is 12.7. The van der Waals surface area contributed by atoms with E-state index in [0.29, 0.717) is 6.04 Å². The fourth-order valence-electron chi connectivity index (χ4n) is 1.53. The Morgan fingerprint density at radius 2 is 2.32 bits per heavy atom. The average molecular weight is 413 g/mol. The summed E-state index contributed by atoms with van der Waals surface area (Å²) in [5.74, 6) is 2.09. The van der Waals surface area contributed by atoms with Crippen LogP contribution < -0.4 is 10.6 Å². The van der Waals surface area contributed by atoms with Gasteiger partial charge in [-0.2, -0.15) is 11.8 Å². The molecule has 110 valence electrons. The summed E-state index contributed by atoms with van der Waals surface area (Å²) in [6.07, 6.45) is 3.26. The van der Waals surface area contributed by atoms with Crippen molar-refractivity contribution < 1.29 is 0 Å². The third-order valence-electron chi connectivity index (χ3n) is 2.44. The Hall–Kier alpha value is 0.0500. The number of nitrogens with one attached hydrogen (secondary N) is 2. The highest BCUT2D eigenvalue weighted by molar-refractivity contribution is 14.0. The second-order valence-electron chi connectivity index (χ2n) is 3.99. The fraction of sp³-hybridized carbons (Fsp3) is 0.615. The van der Waals surface area contributed by atoms with Gasteiger partial charge in [-0.05, 0) is 43.7 Å². The maximum absolute atomic E-state index is 4.59. The lowest BCUT2D eigenvalue weighted by atomic mass is 10.3. The van der Waals surface area contributed by atoms with E-state index in [4.69, 9.17) is 0 Å². The van der Waals surface area contributed by atoms with Crippen molar-refractivity contribution in [1.82, 2.24) is 10.6 Å². The lowest BCUT2D eigenvalue weighted by molar-refractivity contribution is 0.697. The molecular formula is C13H24IN3S2. The zero-order valence-corrected chi connectivity index (χ0v) is 15.8. The van der Waals surface area contributed by atoms with E-state index in [2.05, 4.69) is 53.2 Å². The first-order valence-corrected chi connectivity index (χ1v) is 8.62. The van der Waals surface area contributed by atoms with Crippen molar-refractivity contribution in [2.45, 2.75) is 26.3 Å². The maximum atomic E-state index is 4.59. The molecular weight excluding hydrogens is 389 g/mol. The van der Waals surface area contributed by atoms with Crippen molar-refractivity contribution in [3.63, 3.8) is 0 Å².